The minimum absolute atomic E-state index is 0.299. The van der Waals surface area contributed by atoms with Crippen molar-refractivity contribution in [3.63, 3.8) is 0 Å². The molecule has 0 radical (unpaired) electrons. The largest absolute Gasteiger partial charge is 0.219 e. The van der Waals surface area contributed by atoms with Crippen LogP contribution in [-0.2, 0) is 0 Å². The van der Waals surface area contributed by atoms with E-state index in [0.717, 1.165) is 23.6 Å². The first-order chi connectivity index (χ1) is 10.1. The average molecular weight is 360 g/mol. The third-order valence-corrected chi connectivity index (χ3v) is 5.61. The minimum Gasteiger partial charge on any atom is -0.219 e. The summed E-state index contributed by atoms with van der Waals surface area (Å²) in [5.41, 5.74) is 1.54. The number of hydrogen-bond acceptors (Lipinski definition) is 3. The smallest absolute Gasteiger partial charge is 0.144 e. The molecule has 0 bridgehead atoms. The predicted molar refractivity (Wildman–Crippen MR) is 91.5 cm³/mol. The van der Waals surface area contributed by atoms with E-state index in [1.165, 1.54) is 12.8 Å². The molecule has 1 saturated heterocycles. The molecule has 110 valence electrons. The Bertz CT molecular complexity index is 617. The fourth-order valence-corrected chi connectivity index (χ4v) is 4.35. The van der Waals surface area contributed by atoms with Gasteiger partial charge in [-0.05, 0) is 36.3 Å². The van der Waals surface area contributed by atoms with E-state index in [4.69, 9.17) is 34.8 Å². The highest BCUT2D eigenvalue weighted by molar-refractivity contribution is 7.99. The van der Waals surface area contributed by atoms with E-state index >= 15 is 0 Å². The molecule has 1 fully saturated rings. The van der Waals surface area contributed by atoms with Gasteiger partial charge < -0.3 is 0 Å². The van der Waals surface area contributed by atoms with E-state index in [1.54, 1.807) is 12.1 Å². The van der Waals surface area contributed by atoms with Crippen LogP contribution in [-0.4, -0.2) is 15.7 Å². The molecule has 2 heterocycles. The summed E-state index contributed by atoms with van der Waals surface area (Å²) >= 11 is 20.5. The first-order valence-corrected chi connectivity index (χ1v) is 8.94. The van der Waals surface area contributed by atoms with Gasteiger partial charge in [-0.2, -0.15) is 11.8 Å². The van der Waals surface area contributed by atoms with E-state index in [9.17, 15) is 0 Å². The molecule has 6 heteroatoms. The van der Waals surface area contributed by atoms with Crippen LogP contribution in [0.4, 0.5) is 0 Å². The lowest BCUT2D eigenvalue weighted by molar-refractivity contribution is 0.662. The molecule has 0 amide bonds. The van der Waals surface area contributed by atoms with Gasteiger partial charge in [0.25, 0.3) is 0 Å². The van der Waals surface area contributed by atoms with Gasteiger partial charge in [0.05, 0.1) is 10.8 Å². The average Bonchev–Trinajstić information content (AvgIpc) is 2.49. The van der Waals surface area contributed by atoms with Crippen LogP contribution >= 0.6 is 46.6 Å². The Labute approximate surface area is 143 Å². The molecule has 3 rings (SSSR count). The van der Waals surface area contributed by atoms with Crippen molar-refractivity contribution in [1.82, 2.24) is 9.97 Å². The van der Waals surface area contributed by atoms with Crippen LogP contribution in [0.2, 0.25) is 15.3 Å². The van der Waals surface area contributed by atoms with Crippen molar-refractivity contribution in [2.75, 3.05) is 5.75 Å². The second-order valence-corrected chi connectivity index (χ2v) is 7.36. The van der Waals surface area contributed by atoms with Gasteiger partial charge in [-0.1, -0.05) is 53.4 Å². The summed E-state index contributed by atoms with van der Waals surface area (Å²) in [5, 5.41) is 1.77. The van der Waals surface area contributed by atoms with Crippen molar-refractivity contribution < 1.29 is 0 Å². The van der Waals surface area contributed by atoms with Crippen LogP contribution in [0, 0.1) is 0 Å². The highest BCUT2D eigenvalue weighted by Gasteiger charge is 2.22. The first kappa shape index (κ1) is 15.4. The molecule has 1 aromatic heterocycles. The Kier molecular flexibility index (Phi) is 4.95. The Morgan fingerprint density at radius 1 is 0.952 bits per heavy atom. The Hall–Kier alpha value is -0.480. The van der Waals surface area contributed by atoms with Gasteiger partial charge in [-0.3, -0.25) is 0 Å². The lowest BCUT2D eigenvalue weighted by Gasteiger charge is -2.20. The summed E-state index contributed by atoms with van der Waals surface area (Å²) in [5.74, 6) is 1.88. The quantitative estimate of drug-likeness (QED) is 0.609. The standard InChI is InChI=1S/C15H13Cl3N2S/c16-10-6-4-9(5-7-10)12-13(17)19-15(20-14(12)18)11-3-1-2-8-21-11/h4-7,11H,1-3,8H2. The number of benzene rings is 1. The van der Waals surface area contributed by atoms with Crippen LogP contribution in [0.1, 0.15) is 30.3 Å². The van der Waals surface area contributed by atoms with Crippen molar-refractivity contribution in [1.29, 1.82) is 0 Å². The fraction of sp³-hybridized carbons (Fsp3) is 0.333. The number of nitrogens with zero attached hydrogens (tertiary/aromatic N) is 2. The Morgan fingerprint density at radius 3 is 2.19 bits per heavy atom. The maximum Gasteiger partial charge on any atom is 0.144 e. The number of halogens is 3. The van der Waals surface area contributed by atoms with E-state index < -0.39 is 0 Å². The second kappa shape index (κ2) is 6.74. The van der Waals surface area contributed by atoms with Crippen LogP contribution in [0.15, 0.2) is 24.3 Å². The van der Waals surface area contributed by atoms with Crippen LogP contribution < -0.4 is 0 Å². The molecule has 0 spiro atoms. The minimum atomic E-state index is 0.299. The van der Waals surface area contributed by atoms with Gasteiger partial charge in [0.2, 0.25) is 0 Å². The number of thioether (sulfide) groups is 1. The molecule has 0 N–H and O–H groups in total. The summed E-state index contributed by atoms with van der Waals surface area (Å²) in [6, 6.07) is 7.34. The molecule has 2 aromatic rings. The summed E-state index contributed by atoms with van der Waals surface area (Å²) in [6.45, 7) is 0. The van der Waals surface area contributed by atoms with Crippen molar-refractivity contribution >= 4 is 46.6 Å². The molecule has 1 unspecified atom stereocenters. The van der Waals surface area contributed by atoms with E-state index in [2.05, 4.69) is 9.97 Å². The number of hydrogen-bond donors (Lipinski definition) is 0. The third-order valence-electron chi connectivity index (χ3n) is 3.44. The van der Waals surface area contributed by atoms with Gasteiger partial charge in [0.15, 0.2) is 0 Å². The zero-order valence-corrected chi connectivity index (χ0v) is 14.2. The molecule has 1 atom stereocenters. The fourth-order valence-electron chi connectivity index (χ4n) is 2.37. The zero-order valence-electron chi connectivity index (χ0n) is 11.2. The highest BCUT2D eigenvalue weighted by Crippen LogP contribution is 2.40. The molecule has 1 aromatic carbocycles. The first-order valence-electron chi connectivity index (χ1n) is 6.75. The zero-order chi connectivity index (χ0) is 14.8. The Morgan fingerprint density at radius 2 is 1.62 bits per heavy atom. The van der Waals surface area contributed by atoms with Crippen LogP contribution in [0.5, 0.6) is 0 Å². The topological polar surface area (TPSA) is 25.8 Å². The summed E-state index contributed by atoms with van der Waals surface area (Å²) in [6.07, 6.45) is 3.54. The molecular weight excluding hydrogens is 347 g/mol. The second-order valence-electron chi connectivity index (χ2n) is 4.90. The lowest BCUT2D eigenvalue weighted by atomic mass is 10.1. The van der Waals surface area contributed by atoms with E-state index in [1.807, 2.05) is 23.9 Å². The molecule has 0 saturated carbocycles. The molecular formula is C15H13Cl3N2S. The molecule has 0 aliphatic carbocycles. The van der Waals surface area contributed by atoms with Gasteiger partial charge in [-0.15, -0.1) is 0 Å². The summed E-state index contributed by atoms with van der Waals surface area (Å²) in [4.78, 5) is 8.95. The monoisotopic (exact) mass is 358 g/mol. The SMILES string of the molecule is Clc1ccc(-c2c(Cl)nc(C3CCCCS3)nc2Cl)cc1. The van der Waals surface area contributed by atoms with Crippen LogP contribution in [0.3, 0.4) is 0 Å². The van der Waals surface area contributed by atoms with Crippen LogP contribution in [0.25, 0.3) is 11.1 Å². The van der Waals surface area contributed by atoms with Crippen molar-refractivity contribution in [3.05, 3.63) is 45.4 Å². The lowest BCUT2D eigenvalue weighted by Crippen LogP contribution is -2.07. The number of rotatable bonds is 2. The third kappa shape index (κ3) is 3.48. The normalized spacial score (nSPS) is 18.7. The van der Waals surface area contributed by atoms with E-state index in [0.29, 0.717) is 26.1 Å². The molecule has 1 aliphatic heterocycles. The van der Waals surface area contributed by atoms with E-state index in [-0.39, 0.29) is 0 Å². The van der Waals surface area contributed by atoms with Crippen molar-refractivity contribution in [3.8, 4) is 11.1 Å². The van der Waals surface area contributed by atoms with Crippen molar-refractivity contribution in [2.24, 2.45) is 0 Å². The molecule has 1 aliphatic rings. The highest BCUT2D eigenvalue weighted by atomic mass is 35.5. The maximum atomic E-state index is 6.35. The maximum absolute atomic E-state index is 6.35. The summed E-state index contributed by atoms with van der Waals surface area (Å²) < 4.78 is 0. The van der Waals surface area contributed by atoms with Gasteiger partial charge in [0.1, 0.15) is 16.1 Å². The van der Waals surface area contributed by atoms with Gasteiger partial charge in [-0.25, -0.2) is 9.97 Å². The predicted octanol–water partition coefficient (Wildman–Crippen LogP) is 6.06. The van der Waals surface area contributed by atoms with Gasteiger partial charge in [0, 0.05) is 5.02 Å². The molecule has 2 nitrogen and oxygen atoms in total. The van der Waals surface area contributed by atoms with Gasteiger partial charge >= 0.3 is 0 Å². The Balaban J connectivity index is 1.97. The molecule has 21 heavy (non-hydrogen) atoms. The number of aromatic nitrogens is 2. The summed E-state index contributed by atoms with van der Waals surface area (Å²) in [7, 11) is 0. The van der Waals surface area contributed by atoms with Crippen molar-refractivity contribution in [2.45, 2.75) is 24.5 Å².